The van der Waals surface area contributed by atoms with Crippen molar-refractivity contribution in [1.29, 1.82) is 0 Å². The van der Waals surface area contributed by atoms with Crippen LogP contribution >= 0.6 is 0 Å². The van der Waals surface area contributed by atoms with Crippen LogP contribution in [0.25, 0.3) is 22.5 Å². The van der Waals surface area contributed by atoms with Gasteiger partial charge >= 0.3 is 5.97 Å². The molecule has 4 heteroatoms. The predicted octanol–water partition coefficient (Wildman–Crippen LogP) is 6.28. The first-order valence-electron chi connectivity index (χ1n) is 10.6. The molecule has 4 nitrogen and oxygen atoms in total. The average molecular weight is 391 g/mol. The number of unbranched alkanes of at least 4 members (excludes halogenated alkanes) is 3. The number of carbonyl (C=O) groups is 1. The van der Waals surface area contributed by atoms with Crippen molar-refractivity contribution in [2.24, 2.45) is 5.92 Å². The van der Waals surface area contributed by atoms with Gasteiger partial charge in [0.2, 0.25) is 0 Å². The van der Waals surface area contributed by atoms with Crippen LogP contribution in [-0.2, 0) is 11.3 Å². The summed E-state index contributed by atoms with van der Waals surface area (Å²) in [7, 11) is 0. The highest BCUT2D eigenvalue weighted by atomic mass is 16.4. The summed E-state index contributed by atoms with van der Waals surface area (Å²) in [6.45, 7) is 2.87. The number of benzene rings is 2. The van der Waals surface area contributed by atoms with E-state index in [9.17, 15) is 4.79 Å². The molecule has 1 atom stereocenters. The van der Waals surface area contributed by atoms with Crippen LogP contribution in [0.5, 0.6) is 0 Å². The minimum atomic E-state index is -0.660. The van der Waals surface area contributed by atoms with Gasteiger partial charge in [0, 0.05) is 17.7 Å². The van der Waals surface area contributed by atoms with Crippen LogP contribution in [0.1, 0.15) is 45.4 Å². The second-order valence-electron chi connectivity index (χ2n) is 7.51. The topological polar surface area (TPSA) is 55.1 Å². The van der Waals surface area contributed by atoms with Gasteiger partial charge in [-0.1, -0.05) is 86.8 Å². The zero-order valence-electron chi connectivity index (χ0n) is 17.1. The monoisotopic (exact) mass is 390 g/mol. The number of aromatic nitrogens is 2. The molecule has 0 aliphatic rings. The molecule has 0 saturated carbocycles. The van der Waals surface area contributed by atoms with Crippen LogP contribution in [0.4, 0.5) is 0 Å². The van der Waals surface area contributed by atoms with E-state index in [2.05, 4.69) is 41.0 Å². The molecule has 0 aliphatic heterocycles. The van der Waals surface area contributed by atoms with Crippen molar-refractivity contribution >= 4 is 5.97 Å². The summed E-state index contributed by atoms with van der Waals surface area (Å²) < 4.78 is 2.25. The van der Waals surface area contributed by atoms with E-state index >= 15 is 0 Å². The molecule has 0 spiro atoms. The summed E-state index contributed by atoms with van der Waals surface area (Å²) in [6, 6.07) is 20.8. The number of imidazole rings is 1. The van der Waals surface area contributed by atoms with Crippen molar-refractivity contribution in [3.63, 3.8) is 0 Å². The Labute approximate surface area is 173 Å². The first kappa shape index (κ1) is 20.8. The van der Waals surface area contributed by atoms with Gasteiger partial charge in [0.1, 0.15) is 0 Å². The van der Waals surface area contributed by atoms with Crippen LogP contribution in [0.15, 0.2) is 67.0 Å². The molecule has 0 saturated heterocycles. The third-order valence-electron chi connectivity index (χ3n) is 5.48. The normalized spacial score (nSPS) is 12.0. The lowest BCUT2D eigenvalue weighted by atomic mass is 9.98. The quantitative estimate of drug-likeness (QED) is 0.392. The largest absolute Gasteiger partial charge is 0.481 e. The zero-order valence-corrected chi connectivity index (χ0v) is 17.1. The van der Waals surface area contributed by atoms with Gasteiger partial charge < -0.3 is 9.67 Å². The number of hydrogen-bond donors (Lipinski definition) is 1. The van der Waals surface area contributed by atoms with Gasteiger partial charge in [-0.25, -0.2) is 4.98 Å². The number of aryl methyl sites for hydroxylation is 1. The Bertz CT molecular complexity index is 888. The molecule has 1 N–H and O–H groups in total. The lowest BCUT2D eigenvalue weighted by molar-refractivity contribution is -0.142. The molecule has 1 aromatic heterocycles. The van der Waals surface area contributed by atoms with E-state index in [0.717, 1.165) is 55.6 Å². The predicted molar refractivity (Wildman–Crippen MR) is 118 cm³/mol. The molecule has 3 rings (SSSR count). The van der Waals surface area contributed by atoms with Gasteiger partial charge in [-0.2, -0.15) is 0 Å². The fraction of sp³-hybridized carbons (Fsp3) is 0.360. The highest BCUT2D eigenvalue weighted by Crippen LogP contribution is 2.31. The van der Waals surface area contributed by atoms with E-state index in [-0.39, 0.29) is 5.92 Å². The third-order valence-corrected chi connectivity index (χ3v) is 5.48. The Morgan fingerprint density at radius 1 is 0.931 bits per heavy atom. The molecule has 0 bridgehead atoms. The van der Waals surface area contributed by atoms with Crippen molar-refractivity contribution in [2.75, 3.05) is 0 Å². The highest BCUT2D eigenvalue weighted by molar-refractivity contribution is 5.78. The van der Waals surface area contributed by atoms with Crippen LogP contribution in [0.3, 0.4) is 0 Å². The first-order valence-corrected chi connectivity index (χ1v) is 10.6. The number of carboxylic acid groups (broad SMARTS) is 1. The standard InChI is InChI=1S/C25H30N2O2/c1-2-20(25(28)29)13-7-3-4-12-18-27-19-26-23(21-14-8-5-9-15-21)24(27)22-16-10-6-11-17-22/h5-6,8-11,14-17,19-20H,2-4,7,12-13,18H2,1H3,(H,28,29). The van der Waals surface area contributed by atoms with E-state index in [4.69, 9.17) is 10.1 Å². The average Bonchev–Trinajstić information content (AvgIpc) is 3.18. The summed E-state index contributed by atoms with van der Waals surface area (Å²) in [5.74, 6) is -0.853. The van der Waals surface area contributed by atoms with E-state index in [1.807, 2.05) is 37.5 Å². The fourth-order valence-electron chi connectivity index (χ4n) is 3.79. The van der Waals surface area contributed by atoms with Crippen LogP contribution in [0, 0.1) is 5.92 Å². The smallest absolute Gasteiger partial charge is 0.306 e. The molecule has 0 fully saturated rings. The van der Waals surface area contributed by atoms with E-state index in [0.29, 0.717) is 6.42 Å². The third kappa shape index (κ3) is 5.57. The fourth-order valence-corrected chi connectivity index (χ4v) is 3.79. The van der Waals surface area contributed by atoms with Crippen molar-refractivity contribution < 1.29 is 9.90 Å². The Kier molecular flexibility index (Phi) is 7.62. The molecule has 152 valence electrons. The van der Waals surface area contributed by atoms with Crippen molar-refractivity contribution in [3.8, 4) is 22.5 Å². The van der Waals surface area contributed by atoms with E-state index in [1.165, 1.54) is 5.56 Å². The SMILES string of the molecule is CCC(CCCCCCn1cnc(-c2ccccc2)c1-c1ccccc1)C(=O)O. The maximum Gasteiger partial charge on any atom is 0.306 e. The number of rotatable bonds is 11. The Morgan fingerprint density at radius 3 is 2.17 bits per heavy atom. The van der Waals surface area contributed by atoms with Gasteiger partial charge in [0.25, 0.3) is 0 Å². The lowest BCUT2D eigenvalue weighted by Crippen LogP contribution is -2.12. The first-order chi connectivity index (χ1) is 14.2. The van der Waals surface area contributed by atoms with Crippen LogP contribution in [-0.4, -0.2) is 20.6 Å². The molecule has 2 aromatic carbocycles. The van der Waals surface area contributed by atoms with Gasteiger partial charge in [-0.05, 0) is 19.3 Å². The van der Waals surface area contributed by atoms with Gasteiger partial charge in [-0.3, -0.25) is 4.79 Å². The minimum absolute atomic E-state index is 0.193. The zero-order chi connectivity index (χ0) is 20.5. The number of hydrogen-bond acceptors (Lipinski definition) is 2. The minimum Gasteiger partial charge on any atom is -0.481 e. The number of nitrogens with zero attached hydrogens (tertiary/aromatic N) is 2. The lowest BCUT2D eigenvalue weighted by Gasteiger charge is -2.11. The molecule has 1 heterocycles. The van der Waals surface area contributed by atoms with E-state index < -0.39 is 5.97 Å². The molecule has 29 heavy (non-hydrogen) atoms. The van der Waals surface area contributed by atoms with Crippen molar-refractivity contribution in [2.45, 2.75) is 52.0 Å². The highest BCUT2D eigenvalue weighted by Gasteiger charge is 2.15. The molecule has 1 unspecified atom stereocenters. The maximum atomic E-state index is 11.1. The van der Waals surface area contributed by atoms with Crippen LogP contribution < -0.4 is 0 Å². The second kappa shape index (κ2) is 10.6. The van der Waals surface area contributed by atoms with Crippen LogP contribution in [0.2, 0.25) is 0 Å². The molecule has 0 radical (unpaired) electrons. The molecule has 0 aliphatic carbocycles. The van der Waals surface area contributed by atoms with Gasteiger partial charge in [-0.15, -0.1) is 0 Å². The second-order valence-corrected chi connectivity index (χ2v) is 7.51. The van der Waals surface area contributed by atoms with Crippen molar-refractivity contribution in [3.05, 3.63) is 67.0 Å². The van der Waals surface area contributed by atoms with Gasteiger partial charge in [0.15, 0.2) is 0 Å². The molecule has 0 amide bonds. The summed E-state index contributed by atoms with van der Waals surface area (Å²) in [6.07, 6.45) is 7.66. The maximum absolute atomic E-state index is 11.1. The molecular formula is C25H30N2O2. The molecule has 3 aromatic rings. The summed E-state index contributed by atoms with van der Waals surface area (Å²) in [5.41, 5.74) is 4.48. The summed E-state index contributed by atoms with van der Waals surface area (Å²) in [4.78, 5) is 15.8. The Balaban J connectivity index is 1.64. The van der Waals surface area contributed by atoms with Gasteiger partial charge in [0.05, 0.1) is 23.6 Å². The Morgan fingerprint density at radius 2 is 1.55 bits per heavy atom. The number of aliphatic carboxylic acids is 1. The summed E-state index contributed by atoms with van der Waals surface area (Å²) >= 11 is 0. The molecular weight excluding hydrogens is 360 g/mol. The van der Waals surface area contributed by atoms with Crippen molar-refractivity contribution in [1.82, 2.24) is 9.55 Å². The summed E-state index contributed by atoms with van der Waals surface area (Å²) in [5, 5.41) is 9.15. The number of carboxylic acids is 1. The van der Waals surface area contributed by atoms with E-state index in [1.54, 1.807) is 0 Å². The Hall–Kier alpha value is -2.88.